The zero-order valence-electron chi connectivity index (χ0n) is 18.9. The van der Waals surface area contributed by atoms with E-state index in [2.05, 4.69) is 16.9 Å². The van der Waals surface area contributed by atoms with E-state index >= 15 is 0 Å². The van der Waals surface area contributed by atoms with E-state index in [4.69, 9.17) is 5.73 Å². The van der Waals surface area contributed by atoms with Gasteiger partial charge in [0.05, 0.1) is 0 Å². The van der Waals surface area contributed by atoms with Crippen LogP contribution in [0.3, 0.4) is 0 Å². The second kappa shape index (κ2) is 10.8. The highest BCUT2D eigenvalue weighted by atomic mass is 16.2. The summed E-state index contributed by atoms with van der Waals surface area (Å²) in [4.78, 5) is 45.4. The lowest BCUT2D eigenvalue weighted by atomic mass is 10.1. The first kappa shape index (κ1) is 23.4. The minimum atomic E-state index is -0.614. The molecular weight excluding hydrogens is 406 g/mol. The summed E-state index contributed by atoms with van der Waals surface area (Å²) in [6.07, 6.45) is 7.00. The number of amides is 1. The summed E-state index contributed by atoms with van der Waals surface area (Å²) in [5, 5.41) is 1.09. The van der Waals surface area contributed by atoms with E-state index in [0.29, 0.717) is 19.5 Å². The maximum Gasteiger partial charge on any atom is 0.330 e. The van der Waals surface area contributed by atoms with Gasteiger partial charge >= 0.3 is 5.69 Å². The molecule has 8 heteroatoms. The zero-order chi connectivity index (χ0) is 23.1. The molecule has 0 radical (unpaired) electrons. The molecule has 3 aromatic rings. The molecule has 0 aliphatic rings. The van der Waals surface area contributed by atoms with E-state index in [1.165, 1.54) is 9.47 Å². The number of hydrogen-bond donors (Lipinski definition) is 3. The molecule has 2 aromatic heterocycles. The number of nitrogens with zero attached hydrogens (tertiary/aromatic N) is 2. The van der Waals surface area contributed by atoms with Gasteiger partial charge in [0, 0.05) is 36.6 Å². The first-order chi connectivity index (χ1) is 15.5. The number of benzene rings is 1. The fraction of sp³-hybridized carbons (Fsp3) is 0.458. The molecule has 32 heavy (non-hydrogen) atoms. The Bertz CT molecular complexity index is 1170. The second-order valence-electron chi connectivity index (χ2n) is 8.11. The summed E-state index contributed by atoms with van der Waals surface area (Å²) in [7, 11) is 0. The number of aryl methyl sites for hydroxylation is 1. The van der Waals surface area contributed by atoms with Crippen LogP contribution >= 0.6 is 0 Å². The molecule has 0 spiro atoms. The monoisotopic (exact) mass is 439 g/mol. The maximum absolute atomic E-state index is 13.3. The van der Waals surface area contributed by atoms with Crippen LogP contribution in [-0.2, 0) is 17.8 Å². The number of H-pyrrole nitrogens is 2. The summed E-state index contributed by atoms with van der Waals surface area (Å²) in [6, 6.07) is 7.96. The Balaban J connectivity index is 1.89. The highest BCUT2D eigenvalue weighted by molar-refractivity contribution is 5.96. The fourth-order valence-corrected chi connectivity index (χ4v) is 3.97. The Kier molecular flexibility index (Phi) is 7.92. The molecule has 0 saturated heterocycles. The molecule has 0 atom stereocenters. The summed E-state index contributed by atoms with van der Waals surface area (Å²) < 4.78 is 1.36. The molecule has 172 valence electrons. The molecule has 0 aliphatic carbocycles. The molecule has 1 aromatic carbocycles. The van der Waals surface area contributed by atoms with Crippen molar-refractivity contribution in [2.24, 2.45) is 0 Å². The van der Waals surface area contributed by atoms with Crippen LogP contribution in [0.25, 0.3) is 10.9 Å². The maximum atomic E-state index is 13.3. The van der Waals surface area contributed by atoms with Gasteiger partial charge in [-0.3, -0.25) is 19.1 Å². The number of carbonyl (C=O) groups excluding carboxylic acids is 1. The minimum absolute atomic E-state index is 0.0594. The van der Waals surface area contributed by atoms with Crippen molar-refractivity contribution in [2.75, 3.05) is 17.2 Å². The van der Waals surface area contributed by atoms with Gasteiger partial charge in [-0.25, -0.2) is 4.79 Å². The molecule has 0 bridgehead atoms. The third kappa shape index (κ3) is 5.12. The first-order valence-corrected chi connectivity index (χ1v) is 11.5. The van der Waals surface area contributed by atoms with Crippen molar-refractivity contribution in [3.8, 4) is 0 Å². The van der Waals surface area contributed by atoms with Gasteiger partial charge in [-0.15, -0.1) is 0 Å². The molecule has 8 nitrogen and oxygen atoms in total. The smallest absolute Gasteiger partial charge is 0.330 e. The predicted octanol–water partition coefficient (Wildman–Crippen LogP) is 3.56. The van der Waals surface area contributed by atoms with E-state index in [1.54, 1.807) is 0 Å². The van der Waals surface area contributed by atoms with Crippen molar-refractivity contribution < 1.29 is 4.79 Å². The van der Waals surface area contributed by atoms with Gasteiger partial charge in [0.15, 0.2) is 5.69 Å². The number of nitrogen functional groups attached to an aromatic ring is 1. The van der Waals surface area contributed by atoms with Gasteiger partial charge in [-0.2, -0.15) is 0 Å². The summed E-state index contributed by atoms with van der Waals surface area (Å²) >= 11 is 0. The fourth-order valence-electron chi connectivity index (χ4n) is 3.97. The van der Waals surface area contributed by atoms with E-state index in [9.17, 15) is 14.4 Å². The van der Waals surface area contributed by atoms with Crippen LogP contribution in [0.1, 0.15) is 57.9 Å². The van der Waals surface area contributed by atoms with Crippen molar-refractivity contribution in [1.82, 2.24) is 14.5 Å². The molecule has 0 fully saturated rings. The summed E-state index contributed by atoms with van der Waals surface area (Å²) in [5.74, 6) is -0.117. The Morgan fingerprint density at radius 1 is 1.09 bits per heavy atom. The van der Waals surface area contributed by atoms with E-state index < -0.39 is 11.2 Å². The van der Waals surface area contributed by atoms with Gasteiger partial charge < -0.3 is 15.6 Å². The molecule has 0 unspecified atom stereocenters. The van der Waals surface area contributed by atoms with Gasteiger partial charge in [0.1, 0.15) is 5.82 Å². The molecule has 3 rings (SSSR count). The molecule has 2 heterocycles. The zero-order valence-corrected chi connectivity index (χ0v) is 18.9. The number of fused-ring (bicyclic) bond motifs is 1. The van der Waals surface area contributed by atoms with Crippen LogP contribution in [0, 0.1) is 0 Å². The van der Waals surface area contributed by atoms with Crippen LogP contribution in [-0.4, -0.2) is 27.0 Å². The Labute approximate surface area is 187 Å². The predicted molar refractivity (Wildman–Crippen MR) is 129 cm³/mol. The van der Waals surface area contributed by atoms with Crippen molar-refractivity contribution in [3.05, 3.63) is 56.9 Å². The number of unbranched alkanes of at least 4 members (excludes halogenated alkanes) is 3. The Morgan fingerprint density at radius 2 is 1.84 bits per heavy atom. The third-order valence-corrected chi connectivity index (χ3v) is 5.79. The standard InChI is InChI=1S/C24H33N5O3/c1-3-5-9-15-28(21-22(25)29(14-6-4-2)24(32)27-23(21)31)20(30)13-12-17-16-26-19-11-8-7-10-18(17)19/h7-8,10-11,16,26H,3-6,9,12-15,25H2,1-2H3,(H,27,31,32). The van der Waals surface area contributed by atoms with Crippen LogP contribution in [0.4, 0.5) is 11.5 Å². The first-order valence-electron chi connectivity index (χ1n) is 11.5. The number of para-hydroxylation sites is 1. The number of anilines is 2. The largest absolute Gasteiger partial charge is 0.383 e. The summed E-state index contributed by atoms with van der Waals surface area (Å²) in [5.41, 5.74) is 7.29. The summed E-state index contributed by atoms with van der Waals surface area (Å²) in [6.45, 7) is 4.88. The number of rotatable bonds is 11. The number of nitrogens with one attached hydrogen (secondary N) is 2. The number of hydrogen-bond acceptors (Lipinski definition) is 4. The average molecular weight is 440 g/mol. The SMILES string of the molecule is CCCCCN(C(=O)CCc1c[nH]c2ccccc12)c1c(N)n(CCCC)c(=O)[nH]c1=O. The molecule has 0 saturated carbocycles. The minimum Gasteiger partial charge on any atom is -0.383 e. The van der Waals surface area contributed by atoms with Crippen molar-refractivity contribution in [1.29, 1.82) is 0 Å². The molecule has 0 aliphatic heterocycles. The van der Waals surface area contributed by atoms with Crippen molar-refractivity contribution in [3.63, 3.8) is 0 Å². The van der Waals surface area contributed by atoms with E-state index in [1.807, 2.05) is 37.4 Å². The van der Waals surface area contributed by atoms with Crippen LogP contribution in [0.15, 0.2) is 40.1 Å². The topological polar surface area (TPSA) is 117 Å². The van der Waals surface area contributed by atoms with Gasteiger partial charge in [-0.05, 0) is 30.9 Å². The third-order valence-electron chi connectivity index (χ3n) is 5.79. The average Bonchev–Trinajstić information content (AvgIpc) is 3.19. The van der Waals surface area contributed by atoms with Crippen molar-refractivity contribution in [2.45, 2.75) is 65.3 Å². The van der Waals surface area contributed by atoms with E-state index in [-0.39, 0.29) is 23.8 Å². The Morgan fingerprint density at radius 3 is 2.59 bits per heavy atom. The quantitative estimate of drug-likeness (QED) is 0.396. The lowest BCUT2D eigenvalue weighted by Gasteiger charge is -2.24. The molecule has 1 amide bonds. The van der Waals surface area contributed by atoms with Crippen LogP contribution in [0.5, 0.6) is 0 Å². The van der Waals surface area contributed by atoms with Gasteiger partial charge in [0.25, 0.3) is 5.56 Å². The van der Waals surface area contributed by atoms with Gasteiger partial charge in [0.2, 0.25) is 5.91 Å². The van der Waals surface area contributed by atoms with E-state index in [0.717, 1.165) is 48.6 Å². The highest BCUT2D eigenvalue weighted by Gasteiger charge is 2.24. The molecular formula is C24H33N5O3. The lowest BCUT2D eigenvalue weighted by Crippen LogP contribution is -2.41. The van der Waals surface area contributed by atoms with Crippen LogP contribution < -0.4 is 21.9 Å². The normalized spacial score (nSPS) is 11.2. The Hall–Kier alpha value is -3.29. The van der Waals surface area contributed by atoms with Crippen molar-refractivity contribution >= 4 is 28.3 Å². The van der Waals surface area contributed by atoms with Crippen LogP contribution in [0.2, 0.25) is 0 Å². The number of aromatic nitrogens is 3. The number of aromatic amines is 2. The molecule has 4 N–H and O–H groups in total. The second-order valence-corrected chi connectivity index (χ2v) is 8.11. The number of carbonyl (C=O) groups is 1. The highest BCUT2D eigenvalue weighted by Crippen LogP contribution is 2.22. The van der Waals surface area contributed by atoms with Gasteiger partial charge in [-0.1, -0.05) is 51.3 Å². The lowest BCUT2D eigenvalue weighted by molar-refractivity contribution is -0.118. The number of nitrogens with two attached hydrogens (primary N) is 1.